The maximum atomic E-state index is 4.30. The summed E-state index contributed by atoms with van der Waals surface area (Å²) in [6.45, 7) is 3.08. The lowest BCUT2D eigenvalue weighted by molar-refractivity contribution is 0.204. The van der Waals surface area contributed by atoms with Gasteiger partial charge in [0.25, 0.3) is 0 Å². The van der Waals surface area contributed by atoms with Crippen molar-refractivity contribution in [2.45, 2.75) is 44.3 Å². The summed E-state index contributed by atoms with van der Waals surface area (Å²) < 4.78 is 2.26. The molecule has 0 unspecified atom stereocenters. The molecule has 1 aliphatic carbocycles. The van der Waals surface area contributed by atoms with Crippen molar-refractivity contribution in [3.8, 4) is 0 Å². The first-order valence-electron chi connectivity index (χ1n) is 8.02. The van der Waals surface area contributed by atoms with Crippen molar-refractivity contribution in [2.75, 3.05) is 18.4 Å². The molecule has 2 aliphatic rings. The molecule has 116 valence electrons. The van der Waals surface area contributed by atoms with E-state index in [1.54, 1.807) is 12.5 Å². The van der Waals surface area contributed by atoms with E-state index in [4.69, 9.17) is 0 Å². The normalized spacial score (nSPS) is 20.2. The second-order valence-corrected chi connectivity index (χ2v) is 6.17. The molecule has 0 spiro atoms. The molecule has 7 heteroatoms. The van der Waals surface area contributed by atoms with Crippen LogP contribution in [0, 0.1) is 0 Å². The zero-order valence-corrected chi connectivity index (χ0v) is 12.6. The van der Waals surface area contributed by atoms with E-state index in [1.807, 2.05) is 12.4 Å². The van der Waals surface area contributed by atoms with Gasteiger partial charge in [0.05, 0.1) is 6.54 Å². The van der Waals surface area contributed by atoms with Crippen molar-refractivity contribution in [1.29, 1.82) is 0 Å². The van der Waals surface area contributed by atoms with Crippen LogP contribution in [0.5, 0.6) is 0 Å². The van der Waals surface area contributed by atoms with Crippen LogP contribution in [0.4, 0.5) is 5.82 Å². The third-order valence-electron chi connectivity index (χ3n) is 4.47. The van der Waals surface area contributed by atoms with Gasteiger partial charge in [-0.1, -0.05) is 0 Å². The molecule has 7 nitrogen and oxygen atoms in total. The summed E-state index contributed by atoms with van der Waals surface area (Å²) in [6, 6.07) is 3.07. The lowest BCUT2D eigenvalue weighted by atomic mass is 10.1. The number of likely N-dealkylation sites (tertiary alicyclic amines) is 1. The first-order chi connectivity index (χ1) is 10.9. The Kier molecular flexibility index (Phi) is 3.72. The minimum Gasteiger partial charge on any atom is -0.367 e. The summed E-state index contributed by atoms with van der Waals surface area (Å²) in [6.07, 6.45) is 10.0. The molecular weight excluding hydrogens is 278 g/mol. The average Bonchev–Trinajstić information content (AvgIpc) is 3.30. The van der Waals surface area contributed by atoms with Gasteiger partial charge in [0.15, 0.2) is 0 Å². The van der Waals surface area contributed by atoms with Crippen LogP contribution in [-0.2, 0) is 6.54 Å². The van der Waals surface area contributed by atoms with Gasteiger partial charge >= 0.3 is 0 Å². The van der Waals surface area contributed by atoms with Crippen molar-refractivity contribution in [1.82, 2.24) is 29.6 Å². The highest BCUT2D eigenvalue weighted by Gasteiger charge is 2.27. The van der Waals surface area contributed by atoms with Crippen LogP contribution in [0.2, 0.25) is 0 Å². The lowest BCUT2D eigenvalue weighted by Gasteiger charge is -2.32. The van der Waals surface area contributed by atoms with E-state index in [9.17, 15) is 0 Å². The predicted molar refractivity (Wildman–Crippen MR) is 82.2 cm³/mol. The Morgan fingerprint density at radius 3 is 2.77 bits per heavy atom. The Morgan fingerprint density at radius 2 is 2.05 bits per heavy atom. The monoisotopic (exact) mass is 299 g/mol. The van der Waals surface area contributed by atoms with Crippen LogP contribution < -0.4 is 5.32 Å². The molecule has 0 bridgehead atoms. The molecule has 1 aliphatic heterocycles. The van der Waals surface area contributed by atoms with E-state index >= 15 is 0 Å². The van der Waals surface area contributed by atoms with Crippen LogP contribution in [0.15, 0.2) is 24.9 Å². The van der Waals surface area contributed by atoms with Crippen LogP contribution >= 0.6 is 0 Å². The summed E-state index contributed by atoms with van der Waals surface area (Å²) in [4.78, 5) is 10.7. The van der Waals surface area contributed by atoms with Gasteiger partial charge in [-0.3, -0.25) is 4.90 Å². The van der Waals surface area contributed by atoms with E-state index in [0.29, 0.717) is 12.1 Å². The van der Waals surface area contributed by atoms with Crippen LogP contribution in [-0.4, -0.2) is 48.8 Å². The van der Waals surface area contributed by atoms with Crippen molar-refractivity contribution in [3.63, 3.8) is 0 Å². The summed E-state index contributed by atoms with van der Waals surface area (Å²) in [7, 11) is 0. The fourth-order valence-corrected chi connectivity index (χ4v) is 3.06. The number of aromatic nitrogens is 5. The molecule has 22 heavy (non-hydrogen) atoms. The highest BCUT2D eigenvalue weighted by Crippen LogP contribution is 2.35. The molecule has 1 saturated heterocycles. The standard InChI is InChI=1S/C15H21N7/c1-2-13(1)22-11-18-20-15(22)9-21-7-4-12(5-8-21)19-14-3-6-16-10-17-14/h3,6,10-13H,1-2,4-5,7-9H2,(H,16,17,19). The number of hydrogen-bond acceptors (Lipinski definition) is 6. The highest BCUT2D eigenvalue weighted by atomic mass is 15.3. The lowest BCUT2D eigenvalue weighted by Crippen LogP contribution is -2.39. The Hall–Kier alpha value is -2.02. The largest absolute Gasteiger partial charge is 0.367 e. The number of nitrogens with zero attached hydrogens (tertiary/aromatic N) is 6. The average molecular weight is 299 g/mol. The number of nitrogens with one attached hydrogen (secondary N) is 1. The van der Waals surface area contributed by atoms with Gasteiger partial charge in [-0.05, 0) is 31.7 Å². The number of rotatable bonds is 5. The smallest absolute Gasteiger partial charge is 0.147 e. The first kappa shape index (κ1) is 13.6. The molecule has 1 N–H and O–H groups in total. The molecule has 0 radical (unpaired) electrons. The molecule has 0 atom stereocenters. The van der Waals surface area contributed by atoms with Crippen LogP contribution in [0.3, 0.4) is 0 Å². The van der Waals surface area contributed by atoms with Gasteiger partial charge < -0.3 is 9.88 Å². The second-order valence-electron chi connectivity index (χ2n) is 6.17. The van der Waals surface area contributed by atoms with Crippen LogP contribution in [0.1, 0.15) is 37.5 Å². The summed E-state index contributed by atoms with van der Waals surface area (Å²) >= 11 is 0. The molecule has 2 fully saturated rings. The SMILES string of the molecule is c1cc(NC2CCN(Cc3nncn3C3CC3)CC2)ncn1. The first-order valence-corrected chi connectivity index (χ1v) is 8.02. The Labute approximate surface area is 129 Å². The Balaban J connectivity index is 1.29. The minimum absolute atomic E-state index is 0.493. The molecule has 2 aromatic rings. The van der Waals surface area contributed by atoms with Crippen LogP contribution in [0.25, 0.3) is 0 Å². The summed E-state index contributed by atoms with van der Waals surface area (Å²) in [5, 5.41) is 11.9. The second kappa shape index (κ2) is 6.00. The van der Waals surface area contributed by atoms with Crippen molar-refractivity contribution < 1.29 is 0 Å². The van der Waals surface area contributed by atoms with Gasteiger partial charge in [0, 0.05) is 31.4 Å². The van der Waals surface area contributed by atoms with Crippen molar-refractivity contribution in [3.05, 3.63) is 30.7 Å². The summed E-state index contributed by atoms with van der Waals surface area (Å²) in [5.41, 5.74) is 0. The molecular formula is C15H21N7. The zero-order valence-electron chi connectivity index (χ0n) is 12.6. The number of anilines is 1. The minimum atomic E-state index is 0.493. The fourth-order valence-electron chi connectivity index (χ4n) is 3.06. The fraction of sp³-hybridized carbons (Fsp3) is 0.600. The van der Waals surface area contributed by atoms with Gasteiger partial charge in [0.2, 0.25) is 0 Å². The molecule has 2 aromatic heterocycles. The molecule has 3 heterocycles. The van der Waals surface area contributed by atoms with E-state index in [2.05, 4.69) is 34.9 Å². The maximum absolute atomic E-state index is 4.30. The van der Waals surface area contributed by atoms with Gasteiger partial charge in [-0.25, -0.2) is 9.97 Å². The van der Waals surface area contributed by atoms with Gasteiger partial charge in [0.1, 0.15) is 24.3 Å². The number of piperidine rings is 1. The van der Waals surface area contributed by atoms with E-state index in [0.717, 1.165) is 44.1 Å². The summed E-state index contributed by atoms with van der Waals surface area (Å²) in [5.74, 6) is 2.03. The molecule has 0 amide bonds. The maximum Gasteiger partial charge on any atom is 0.147 e. The van der Waals surface area contributed by atoms with Gasteiger partial charge in [-0.2, -0.15) is 0 Å². The highest BCUT2D eigenvalue weighted by molar-refractivity contribution is 5.33. The third-order valence-corrected chi connectivity index (χ3v) is 4.47. The predicted octanol–water partition coefficient (Wildman–Crippen LogP) is 1.48. The van der Waals surface area contributed by atoms with E-state index in [1.165, 1.54) is 12.8 Å². The quantitative estimate of drug-likeness (QED) is 0.901. The van der Waals surface area contributed by atoms with E-state index in [-0.39, 0.29) is 0 Å². The zero-order chi connectivity index (χ0) is 14.8. The Morgan fingerprint density at radius 1 is 1.18 bits per heavy atom. The molecule has 0 aromatic carbocycles. The number of hydrogen-bond donors (Lipinski definition) is 1. The van der Waals surface area contributed by atoms with Crippen molar-refractivity contribution in [2.24, 2.45) is 0 Å². The van der Waals surface area contributed by atoms with Gasteiger partial charge in [-0.15, -0.1) is 10.2 Å². The van der Waals surface area contributed by atoms with E-state index < -0.39 is 0 Å². The Bertz CT molecular complexity index is 599. The topological polar surface area (TPSA) is 71.8 Å². The third kappa shape index (κ3) is 3.09. The van der Waals surface area contributed by atoms with Crippen molar-refractivity contribution >= 4 is 5.82 Å². The molecule has 4 rings (SSSR count). The molecule has 1 saturated carbocycles.